The number of rotatable bonds is 4. The van der Waals surface area contributed by atoms with Crippen LogP contribution in [0, 0.1) is 5.82 Å². The molecule has 0 aliphatic carbocycles. The maximum atomic E-state index is 13.2. The van der Waals surface area contributed by atoms with Crippen molar-refractivity contribution in [1.82, 2.24) is 10.3 Å². The fourth-order valence-corrected chi connectivity index (χ4v) is 1.92. The van der Waals surface area contributed by atoms with Crippen molar-refractivity contribution in [3.8, 4) is 0 Å². The molecule has 2 rings (SSSR count). The van der Waals surface area contributed by atoms with Gasteiger partial charge in [0, 0.05) is 11.8 Å². The second-order valence-electron chi connectivity index (χ2n) is 4.55. The van der Waals surface area contributed by atoms with Crippen LogP contribution in [0.4, 0.5) is 4.39 Å². The highest BCUT2D eigenvalue weighted by Gasteiger charge is 2.13. The summed E-state index contributed by atoms with van der Waals surface area (Å²) >= 11 is 4.82. The zero-order valence-corrected chi connectivity index (χ0v) is 12.2. The highest BCUT2D eigenvalue weighted by atomic mass is 32.1. The van der Waals surface area contributed by atoms with Crippen LogP contribution < -0.4 is 11.1 Å². The zero-order chi connectivity index (χ0) is 15.4. The van der Waals surface area contributed by atoms with Gasteiger partial charge in [0.15, 0.2) is 0 Å². The largest absolute Gasteiger partial charge is 0.389 e. The van der Waals surface area contributed by atoms with E-state index in [4.69, 9.17) is 18.0 Å². The first kappa shape index (κ1) is 15.1. The van der Waals surface area contributed by atoms with Gasteiger partial charge in [-0.25, -0.2) is 4.39 Å². The van der Waals surface area contributed by atoms with E-state index in [-0.39, 0.29) is 28.4 Å². The second kappa shape index (κ2) is 6.41. The molecular weight excluding hydrogens is 289 g/mol. The lowest BCUT2D eigenvalue weighted by atomic mass is 10.1. The molecule has 2 aromatic rings. The molecule has 1 amide bonds. The van der Waals surface area contributed by atoms with Gasteiger partial charge in [-0.2, -0.15) is 0 Å². The summed E-state index contributed by atoms with van der Waals surface area (Å²) in [5, 5.41) is 2.76. The number of hydrogen-bond acceptors (Lipinski definition) is 3. The summed E-state index contributed by atoms with van der Waals surface area (Å²) in [7, 11) is 0. The molecule has 1 aromatic carbocycles. The van der Waals surface area contributed by atoms with Crippen LogP contribution in [0.3, 0.4) is 0 Å². The van der Waals surface area contributed by atoms with Crippen molar-refractivity contribution in [3.05, 3.63) is 65.2 Å². The smallest absolute Gasteiger partial charge is 0.270 e. The number of halogens is 1. The summed E-state index contributed by atoms with van der Waals surface area (Å²) in [6.07, 6.45) is 1.45. The molecule has 4 nitrogen and oxygen atoms in total. The predicted octanol–water partition coefficient (Wildman–Crippen LogP) is 2.35. The van der Waals surface area contributed by atoms with Crippen LogP contribution in [0.1, 0.15) is 34.6 Å². The van der Waals surface area contributed by atoms with E-state index in [2.05, 4.69) is 10.3 Å². The highest BCUT2D eigenvalue weighted by molar-refractivity contribution is 7.80. The van der Waals surface area contributed by atoms with Crippen LogP contribution in [0.5, 0.6) is 0 Å². The van der Waals surface area contributed by atoms with Gasteiger partial charge < -0.3 is 11.1 Å². The fourth-order valence-electron chi connectivity index (χ4n) is 1.80. The quantitative estimate of drug-likeness (QED) is 0.851. The van der Waals surface area contributed by atoms with Crippen molar-refractivity contribution in [2.45, 2.75) is 13.0 Å². The fraction of sp³-hybridized carbons (Fsp3) is 0.133. The van der Waals surface area contributed by atoms with Gasteiger partial charge in [-0.1, -0.05) is 24.4 Å². The lowest BCUT2D eigenvalue weighted by Gasteiger charge is -2.14. The molecule has 0 saturated carbocycles. The Balaban J connectivity index is 2.08. The SMILES string of the molecule is CC(NC(=O)c1ccc(C(N)=S)cn1)c1cccc(F)c1. The van der Waals surface area contributed by atoms with E-state index in [1.54, 1.807) is 31.2 Å². The van der Waals surface area contributed by atoms with Gasteiger partial charge in [0.05, 0.1) is 6.04 Å². The Morgan fingerprint density at radius 3 is 2.71 bits per heavy atom. The molecule has 0 aliphatic heterocycles. The number of nitrogens with two attached hydrogens (primary N) is 1. The molecule has 0 aliphatic rings. The van der Waals surface area contributed by atoms with Crippen molar-refractivity contribution >= 4 is 23.1 Å². The van der Waals surface area contributed by atoms with Gasteiger partial charge in [-0.05, 0) is 36.8 Å². The van der Waals surface area contributed by atoms with Crippen molar-refractivity contribution in [1.29, 1.82) is 0 Å². The lowest BCUT2D eigenvalue weighted by Crippen LogP contribution is -2.27. The minimum absolute atomic E-state index is 0.225. The molecule has 1 heterocycles. The number of carbonyl (C=O) groups excluding carboxylic acids is 1. The third kappa shape index (κ3) is 3.82. The molecule has 21 heavy (non-hydrogen) atoms. The maximum absolute atomic E-state index is 13.2. The van der Waals surface area contributed by atoms with E-state index in [1.165, 1.54) is 18.3 Å². The standard InChI is InChI=1S/C15H14FN3OS/c1-9(10-3-2-4-12(16)7-10)19-15(20)13-6-5-11(8-18-13)14(17)21/h2-9H,1H3,(H2,17,21)(H,19,20). The molecule has 1 aromatic heterocycles. The van der Waals surface area contributed by atoms with Crippen molar-refractivity contribution in [2.75, 3.05) is 0 Å². The summed E-state index contributed by atoms with van der Waals surface area (Å²) in [6.45, 7) is 1.77. The first-order valence-corrected chi connectivity index (χ1v) is 6.70. The molecular formula is C15H14FN3OS. The van der Waals surface area contributed by atoms with Gasteiger partial charge >= 0.3 is 0 Å². The van der Waals surface area contributed by atoms with E-state index in [9.17, 15) is 9.18 Å². The number of carbonyl (C=O) groups is 1. The second-order valence-corrected chi connectivity index (χ2v) is 4.99. The number of aromatic nitrogens is 1. The molecule has 1 atom stereocenters. The molecule has 6 heteroatoms. The van der Waals surface area contributed by atoms with Crippen LogP contribution >= 0.6 is 12.2 Å². The summed E-state index contributed by atoms with van der Waals surface area (Å²) in [6, 6.07) is 8.94. The Labute approximate surface area is 127 Å². The molecule has 108 valence electrons. The first-order chi connectivity index (χ1) is 9.97. The van der Waals surface area contributed by atoms with Gasteiger partial charge in [-0.3, -0.25) is 9.78 Å². The van der Waals surface area contributed by atoms with Gasteiger partial charge in [0.25, 0.3) is 5.91 Å². The van der Waals surface area contributed by atoms with Crippen LogP contribution in [-0.2, 0) is 0 Å². The zero-order valence-electron chi connectivity index (χ0n) is 11.3. The summed E-state index contributed by atoms with van der Waals surface area (Å²) < 4.78 is 13.2. The molecule has 0 radical (unpaired) electrons. The van der Waals surface area contributed by atoms with E-state index in [1.807, 2.05) is 0 Å². The number of nitrogens with one attached hydrogen (secondary N) is 1. The van der Waals surface area contributed by atoms with E-state index < -0.39 is 0 Å². The number of benzene rings is 1. The maximum Gasteiger partial charge on any atom is 0.270 e. The molecule has 1 unspecified atom stereocenters. The normalized spacial score (nSPS) is 11.7. The van der Waals surface area contributed by atoms with Gasteiger partial charge in [0.1, 0.15) is 16.5 Å². The van der Waals surface area contributed by atoms with E-state index in [0.29, 0.717) is 11.1 Å². The minimum atomic E-state index is -0.346. The molecule has 0 fully saturated rings. The Kier molecular flexibility index (Phi) is 4.59. The summed E-state index contributed by atoms with van der Waals surface area (Å²) in [4.78, 5) is 16.3. The molecule has 3 N–H and O–H groups in total. The lowest BCUT2D eigenvalue weighted by molar-refractivity contribution is 0.0935. The Morgan fingerprint density at radius 2 is 2.14 bits per heavy atom. The van der Waals surface area contributed by atoms with Crippen molar-refractivity contribution in [3.63, 3.8) is 0 Å². The Morgan fingerprint density at radius 1 is 1.38 bits per heavy atom. The Bertz CT molecular complexity index is 673. The molecule has 0 saturated heterocycles. The highest BCUT2D eigenvalue weighted by Crippen LogP contribution is 2.14. The number of hydrogen-bond donors (Lipinski definition) is 2. The van der Waals surface area contributed by atoms with Crippen LogP contribution in [0.2, 0.25) is 0 Å². The summed E-state index contributed by atoms with van der Waals surface area (Å²) in [5.41, 5.74) is 6.99. The Hall–Kier alpha value is -2.34. The third-order valence-electron chi connectivity index (χ3n) is 2.98. The van der Waals surface area contributed by atoms with E-state index in [0.717, 1.165) is 0 Å². The topological polar surface area (TPSA) is 68.0 Å². The van der Waals surface area contributed by atoms with Crippen molar-refractivity contribution < 1.29 is 9.18 Å². The average Bonchev–Trinajstić information content (AvgIpc) is 2.47. The third-order valence-corrected chi connectivity index (χ3v) is 3.21. The molecule has 0 bridgehead atoms. The van der Waals surface area contributed by atoms with Crippen LogP contribution in [0.15, 0.2) is 42.6 Å². The van der Waals surface area contributed by atoms with Gasteiger partial charge in [0.2, 0.25) is 0 Å². The number of thiocarbonyl (C=S) groups is 1. The summed E-state index contributed by atoms with van der Waals surface area (Å²) in [5.74, 6) is -0.686. The van der Waals surface area contributed by atoms with E-state index >= 15 is 0 Å². The van der Waals surface area contributed by atoms with Crippen LogP contribution in [0.25, 0.3) is 0 Å². The van der Waals surface area contributed by atoms with Crippen LogP contribution in [-0.4, -0.2) is 15.9 Å². The number of pyridine rings is 1. The monoisotopic (exact) mass is 303 g/mol. The molecule has 0 spiro atoms. The number of nitrogens with zero attached hydrogens (tertiary/aromatic N) is 1. The minimum Gasteiger partial charge on any atom is -0.389 e. The predicted molar refractivity (Wildman–Crippen MR) is 82.4 cm³/mol. The average molecular weight is 303 g/mol. The van der Waals surface area contributed by atoms with Crippen molar-refractivity contribution in [2.24, 2.45) is 5.73 Å². The first-order valence-electron chi connectivity index (χ1n) is 6.29. The number of amides is 1. The van der Waals surface area contributed by atoms with Gasteiger partial charge in [-0.15, -0.1) is 0 Å².